The number of carbonyl (C=O) groups excluding carboxylic acids is 1. The van der Waals surface area contributed by atoms with E-state index < -0.39 is 16.7 Å². The minimum Gasteiger partial charge on any atom is -0.395 e. The Labute approximate surface area is 161 Å². The number of thiazole rings is 1. The fourth-order valence-corrected chi connectivity index (χ4v) is 4.25. The van der Waals surface area contributed by atoms with Crippen molar-refractivity contribution in [2.45, 2.75) is 19.3 Å². The Balaban J connectivity index is 1.55. The van der Waals surface area contributed by atoms with Crippen LogP contribution in [0, 0.1) is 10.1 Å². The summed E-state index contributed by atoms with van der Waals surface area (Å²) in [6, 6.07) is 10.2. The van der Waals surface area contributed by atoms with E-state index in [-0.39, 0.29) is 5.76 Å². The number of hydrogen-bond acceptors (Lipinski definition) is 7. The van der Waals surface area contributed by atoms with Crippen molar-refractivity contribution >= 4 is 39.2 Å². The highest BCUT2D eigenvalue weighted by molar-refractivity contribution is 7.20. The number of anilines is 1. The molecule has 1 aliphatic rings. The molecule has 0 radical (unpaired) electrons. The van der Waals surface area contributed by atoms with E-state index in [2.05, 4.69) is 15.4 Å². The number of carbonyl (C=O) groups is 1. The number of hydrogen-bond donors (Lipinski definition) is 1. The molecular weight excluding hydrogens is 382 g/mol. The van der Waals surface area contributed by atoms with Gasteiger partial charge >= 0.3 is 5.88 Å². The molecule has 4 aromatic rings. The van der Waals surface area contributed by atoms with Gasteiger partial charge in [0.1, 0.15) is 10.7 Å². The van der Waals surface area contributed by atoms with Gasteiger partial charge in [0.25, 0.3) is 5.91 Å². The van der Waals surface area contributed by atoms with Crippen molar-refractivity contribution in [3.8, 4) is 5.13 Å². The highest BCUT2D eigenvalue weighted by atomic mass is 32.1. The predicted molar refractivity (Wildman–Crippen MR) is 102 cm³/mol. The van der Waals surface area contributed by atoms with Crippen LogP contribution < -0.4 is 5.32 Å². The van der Waals surface area contributed by atoms with Crippen LogP contribution in [-0.4, -0.2) is 25.6 Å². The van der Waals surface area contributed by atoms with Crippen molar-refractivity contribution in [2.24, 2.45) is 0 Å². The van der Waals surface area contributed by atoms with Gasteiger partial charge in [-0.15, -0.1) is 0 Å². The lowest BCUT2D eigenvalue weighted by molar-refractivity contribution is -0.402. The third kappa shape index (κ3) is 2.65. The second kappa shape index (κ2) is 6.27. The van der Waals surface area contributed by atoms with Crippen LogP contribution in [0.4, 0.5) is 11.7 Å². The first-order valence-corrected chi connectivity index (χ1v) is 9.44. The summed E-state index contributed by atoms with van der Waals surface area (Å²) >= 11 is 1.48. The molecule has 5 rings (SSSR count). The lowest BCUT2D eigenvalue weighted by Crippen LogP contribution is -2.15. The molecule has 28 heavy (non-hydrogen) atoms. The molecule has 1 N–H and O–H groups in total. The van der Waals surface area contributed by atoms with Crippen molar-refractivity contribution < 1.29 is 14.1 Å². The molecule has 0 atom stereocenters. The van der Waals surface area contributed by atoms with Crippen molar-refractivity contribution in [3.63, 3.8) is 0 Å². The molecule has 0 fully saturated rings. The van der Waals surface area contributed by atoms with Gasteiger partial charge in [0.2, 0.25) is 5.13 Å². The van der Waals surface area contributed by atoms with Crippen molar-refractivity contribution in [2.75, 3.05) is 5.32 Å². The van der Waals surface area contributed by atoms with Gasteiger partial charge in [0.05, 0.1) is 22.0 Å². The van der Waals surface area contributed by atoms with Gasteiger partial charge in [-0.05, 0) is 37.5 Å². The molecule has 3 aromatic heterocycles. The molecule has 0 saturated heterocycles. The number of furan rings is 1. The van der Waals surface area contributed by atoms with Gasteiger partial charge < -0.3 is 9.73 Å². The topological polar surface area (TPSA) is 116 Å². The second-order valence-electron chi connectivity index (χ2n) is 6.35. The standard InChI is InChI=1S/C18H13N5O4S/c24-17(13-8-9-15(27-13)23(25)26)20-16-10-4-3-6-11(10)21-22(16)18-19-12-5-1-2-7-14(12)28-18/h1-2,5,7-9H,3-4,6H2,(H,20,24). The summed E-state index contributed by atoms with van der Waals surface area (Å²) in [5.41, 5.74) is 2.76. The van der Waals surface area contributed by atoms with E-state index in [1.165, 1.54) is 17.4 Å². The Hall–Kier alpha value is -3.53. The van der Waals surface area contributed by atoms with E-state index in [1.807, 2.05) is 24.3 Å². The number of aromatic nitrogens is 3. The molecule has 1 aliphatic carbocycles. The van der Waals surface area contributed by atoms with Crippen LogP contribution in [0.3, 0.4) is 0 Å². The number of rotatable bonds is 4. The molecule has 10 heteroatoms. The lowest BCUT2D eigenvalue weighted by Gasteiger charge is -2.07. The molecule has 0 bridgehead atoms. The molecule has 0 unspecified atom stereocenters. The van der Waals surface area contributed by atoms with Crippen LogP contribution in [0.2, 0.25) is 0 Å². The normalized spacial score (nSPS) is 13.0. The average Bonchev–Trinajstić information content (AvgIpc) is 3.44. The van der Waals surface area contributed by atoms with Crippen molar-refractivity contribution in [3.05, 3.63) is 63.5 Å². The summed E-state index contributed by atoms with van der Waals surface area (Å²) in [7, 11) is 0. The molecule has 1 aromatic carbocycles. The monoisotopic (exact) mass is 395 g/mol. The van der Waals surface area contributed by atoms with E-state index in [4.69, 9.17) is 4.42 Å². The highest BCUT2D eigenvalue weighted by Crippen LogP contribution is 2.34. The zero-order valence-electron chi connectivity index (χ0n) is 14.4. The zero-order valence-corrected chi connectivity index (χ0v) is 15.2. The molecule has 9 nitrogen and oxygen atoms in total. The number of amides is 1. The van der Waals surface area contributed by atoms with E-state index in [0.29, 0.717) is 10.9 Å². The van der Waals surface area contributed by atoms with Crippen LogP contribution >= 0.6 is 11.3 Å². The molecule has 0 aliphatic heterocycles. The van der Waals surface area contributed by atoms with Crippen LogP contribution in [0.5, 0.6) is 0 Å². The van der Waals surface area contributed by atoms with Crippen LogP contribution in [-0.2, 0) is 12.8 Å². The Morgan fingerprint density at radius 3 is 2.89 bits per heavy atom. The second-order valence-corrected chi connectivity index (χ2v) is 7.36. The Morgan fingerprint density at radius 1 is 1.25 bits per heavy atom. The zero-order chi connectivity index (χ0) is 19.3. The smallest absolute Gasteiger partial charge is 0.395 e. The van der Waals surface area contributed by atoms with Gasteiger partial charge in [-0.3, -0.25) is 14.9 Å². The number of benzene rings is 1. The van der Waals surface area contributed by atoms with E-state index >= 15 is 0 Å². The van der Waals surface area contributed by atoms with E-state index in [9.17, 15) is 14.9 Å². The van der Waals surface area contributed by atoms with Gasteiger partial charge in [0.15, 0.2) is 5.76 Å². The maximum absolute atomic E-state index is 12.6. The largest absolute Gasteiger partial charge is 0.433 e. The number of para-hydroxylation sites is 1. The Kier molecular flexibility index (Phi) is 3.72. The summed E-state index contributed by atoms with van der Waals surface area (Å²) < 4.78 is 7.68. The molecule has 1 amide bonds. The maximum atomic E-state index is 12.6. The number of nitro groups is 1. The lowest BCUT2D eigenvalue weighted by atomic mass is 10.2. The van der Waals surface area contributed by atoms with Gasteiger partial charge in [0, 0.05) is 5.56 Å². The van der Waals surface area contributed by atoms with E-state index in [1.54, 1.807) is 4.68 Å². The van der Waals surface area contributed by atoms with Crippen LogP contribution in [0.15, 0.2) is 40.8 Å². The minimum atomic E-state index is -0.681. The fraction of sp³-hybridized carbons (Fsp3) is 0.167. The Morgan fingerprint density at radius 2 is 2.11 bits per heavy atom. The van der Waals surface area contributed by atoms with Gasteiger partial charge in [-0.1, -0.05) is 23.5 Å². The first kappa shape index (κ1) is 16.6. The average molecular weight is 395 g/mol. The van der Waals surface area contributed by atoms with Crippen LogP contribution in [0.25, 0.3) is 15.3 Å². The van der Waals surface area contributed by atoms with E-state index in [0.717, 1.165) is 46.8 Å². The number of aryl methyl sites for hydroxylation is 1. The maximum Gasteiger partial charge on any atom is 0.433 e. The number of nitrogens with zero attached hydrogens (tertiary/aromatic N) is 4. The van der Waals surface area contributed by atoms with Crippen LogP contribution in [0.1, 0.15) is 28.2 Å². The molecular formula is C18H13N5O4S. The first-order valence-electron chi connectivity index (χ1n) is 8.62. The summed E-state index contributed by atoms with van der Waals surface area (Å²) in [4.78, 5) is 27.3. The molecule has 140 valence electrons. The summed E-state index contributed by atoms with van der Waals surface area (Å²) in [5.74, 6) is -0.633. The number of nitrogens with one attached hydrogen (secondary N) is 1. The number of fused-ring (bicyclic) bond motifs is 2. The summed E-state index contributed by atoms with van der Waals surface area (Å²) in [6.45, 7) is 0. The third-order valence-electron chi connectivity index (χ3n) is 4.60. The molecule has 3 heterocycles. The quantitative estimate of drug-likeness (QED) is 0.416. The third-order valence-corrected chi connectivity index (χ3v) is 5.61. The Bertz CT molecular complexity index is 1210. The van der Waals surface area contributed by atoms with Crippen molar-refractivity contribution in [1.82, 2.24) is 14.8 Å². The summed E-state index contributed by atoms with van der Waals surface area (Å²) in [5, 5.41) is 18.9. The fourth-order valence-electron chi connectivity index (χ4n) is 3.33. The molecule has 0 spiro atoms. The highest BCUT2D eigenvalue weighted by Gasteiger charge is 2.27. The van der Waals surface area contributed by atoms with Gasteiger partial charge in [-0.25, -0.2) is 4.98 Å². The minimum absolute atomic E-state index is 0.129. The van der Waals surface area contributed by atoms with Gasteiger partial charge in [-0.2, -0.15) is 9.78 Å². The van der Waals surface area contributed by atoms with Crippen molar-refractivity contribution in [1.29, 1.82) is 0 Å². The predicted octanol–water partition coefficient (Wildman–Crippen LogP) is 3.72. The summed E-state index contributed by atoms with van der Waals surface area (Å²) in [6.07, 6.45) is 2.60. The first-order chi connectivity index (χ1) is 13.6. The SMILES string of the molecule is O=C(Nc1c2c(nn1-c1nc3ccccc3s1)CCC2)c1ccc([N+](=O)[O-])o1. The molecule has 0 saturated carbocycles.